The van der Waals surface area contributed by atoms with E-state index in [0.29, 0.717) is 18.4 Å². The molecule has 1 aliphatic rings. The van der Waals surface area contributed by atoms with Crippen molar-refractivity contribution in [2.75, 3.05) is 0 Å². The maximum absolute atomic E-state index is 12.8. The Morgan fingerprint density at radius 3 is 2.62 bits per heavy atom. The van der Waals surface area contributed by atoms with Crippen LogP contribution in [0.1, 0.15) is 41.6 Å². The number of nitrogens with one attached hydrogen (secondary N) is 1. The molecule has 1 saturated carbocycles. The molecule has 1 aromatic carbocycles. The third kappa shape index (κ3) is 4.46. The average Bonchev–Trinajstić information content (AvgIpc) is 2.37. The Morgan fingerprint density at radius 2 is 2.00 bits per heavy atom. The lowest BCUT2D eigenvalue weighted by Gasteiger charge is -2.31. The lowest BCUT2D eigenvalue weighted by Crippen LogP contribution is -2.41. The molecule has 6 heteroatoms. The first-order valence-corrected chi connectivity index (χ1v) is 7.70. The summed E-state index contributed by atoms with van der Waals surface area (Å²) in [5.41, 5.74) is 1.39. The second-order valence-corrected chi connectivity index (χ2v) is 6.51. The zero-order chi connectivity index (χ0) is 15.6. The number of hydrogen-bond donors (Lipinski definition) is 1. The summed E-state index contributed by atoms with van der Waals surface area (Å²) in [7, 11) is 0. The van der Waals surface area contributed by atoms with Crippen LogP contribution in [-0.4, -0.2) is 18.1 Å². The maximum Gasteiger partial charge on any atom is 0.391 e. The van der Waals surface area contributed by atoms with Crippen molar-refractivity contribution >= 4 is 21.8 Å². The van der Waals surface area contributed by atoms with E-state index in [-0.39, 0.29) is 18.7 Å². The van der Waals surface area contributed by atoms with E-state index in [2.05, 4.69) is 21.2 Å². The van der Waals surface area contributed by atoms with Crippen LogP contribution >= 0.6 is 15.9 Å². The first kappa shape index (κ1) is 16.3. The zero-order valence-electron chi connectivity index (χ0n) is 11.6. The molecule has 2 atom stereocenters. The number of rotatable bonds is 2. The van der Waals surface area contributed by atoms with Crippen molar-refractivity contribution < 1.29 is 18.0 Å². The maximum atomic E-state index is 12.8. The first-order chi connectivity index (χ1) is 9.75. The van der Waals surface area contributed by atoms with Crippen molar-refractivity contribution in [2.45, 2.75) is 44.8 Å². The standard InChI is InChI=1S/C15H17BrF3NO/c1-9-5-10(7-12(16)6-9)14(21)20-13-4-2-3-11(8-13)15(17,18)19/h5-7,11,13H,2-4,8H2,1H3,(H,20,21). The normalized spacial score (nSPS) is 22.9. The molecule has 1 aromatic rings. The molecular formula is C15H17BrF3NO. The van der Waals surface area contributed by atoms with Gasteiger partial charge in [-0.2, -0.15) is 13.2 Å². The highest BCUT2D eigenvalue weighted by Crippen LogP contribution is 2.37. The van der Waals surface area contributed by atoms with Crippen LogP contribution in [0.5, 0.6) is 0 Å². The molecule has 2 unspecified atom stereocenters. The predicted molar refractivity (Wildman–Crippen MR) is 78.1 cm³/mol. The van der Waals surface area contributed by atoms with Crippen molar-refractivity contribution in [2.24, 2.45) is 5.92 Å². The number of alkyl halides is 3. The minimum Gasteiger partial charge on any atom is -0.349 e. The van der Waals surface area contributed by atoms with Crippen LogP contribution in [0.2, 0.25) is 0 Å². The molecule has 1 fully saturated rings. The van der Waals surface area contributed by atoms with E-state index in [4.69, 9.17) is 0 Å². The minimum atomic E-state index is -4.17. The molecule has 0 radical (unpaired) electrons. The molecule has 21 heavy (non-hydrogen) atoms. The first-order valence-electron chi connectivity index (χ1n) is 6.90. The van der Waals surface area contributed by atoms with Crippen LogP contribution in [0.4, 0.5) is 13.2 Å². The minimum absolute atomic E-state index is 0.0256. The number of aryl methyl sites for hydroxylation is 1. The molecular weight excluding hydrogens is 347 g/mol. The number of carbonyl (C=O) groups excluding carboxylic acids is 1. The summed E-state index contributed by atoms with van der Waals surface area (Å²) in [6, 6.07) is 4.87. The third-order valence-corrected chi connectivity index (χ3v) is 4.23. The van der Waals surface area contributed by atoms with Gasteiger partial charge in [-0.3, -0.25) is 4.79 Å². The van der Waals surface area contributed by atoms with Crippen LogP contribution in [0.25, 0.3) is 0 Å². The quantitative estimate of drug-likeness (QED) is 0.816. The molecule has 0 aliphatic heterocycles. The monoisotopic (exact) mass is 363 g/mol. The van der Waals surface area contributed by atoms with Gasteiger partial charge in [0.15, 0.2) is 0 Å². The number of hydrogen-bond acceptors (Lipinski definition) is 1. The molecule has 116 valence electrons. The third-order valence-electron chi connectivity index (χ3n) is 3.78. The summed E-state index contributed by atoms with van der Waals surface area (Å²) < 4.78 is 39.1. The molecule has 1 amide bonds. The Balaban J connectivity index is 2.02. The number of benzene rings is 1. The van der Waals surface area contributed by atoms with Crippen LogP contribution in [0.3, 0.4) is 0 Å². The van der Waals surface area contributed by atoms with Gasteiger partial charge >= 0.3 is 6.18 Å². The smallest absolute Gasteiger partial charge is 0.349 e. The second-order valence-electron chi connectivity index (χ2n) is 5.59. The van der Waals surface area contributed by atoms with E-state index in [1.54, 1.807) is 12.1 Å². The predicted octanol–water partition coefficient (Wildman–Crippen LogP) is 4.61. The van der Waals surface area contributed by atoms with Gasteiger partial charge in [-0.15, -0.1) is 0 Å². The topological polar surface area (TPSA) is 29.1 Å². The van der Waals surface area contributed by atoms with E-state index in [9.17, 15) is 18.0 Å². The van der Waals surface area contributed by atoms with Gasteiger partial charge in [-0.05, 0) is 49.9 Å². The molecule has 2 rings (SSSR count). The molecule has 0 heterocycles. The highest BCUT2D eigenvalue weighted by atomic mass is 79.9. The van der Waals surface area contributed by atoms with Gasteiger partial charge in [0.05, 0.1) is 5.92 Å². The van der Waals surface area contributed by atoms with E-state index >= 15 is 0 Å². The lowest BCUT2D eigenvalue weighted by molar-refractivity contribution is -0.183. The summed E-state index contributed by atoms with van der Waals surface area (Å²) in [6.45, 7) is 1.86. The fourth-order valence-corrected chi connectivity index (χ4v) is 3.36. The molecule has 0 bridgehead atoms. The number of carbonyl (C=O) groups is 1. The van der Waals surface area contributed by atoms with Gasteiger partial charge in [0.2, 0.25) is 0 Å². The second kappa shape index (κ2) is 6.38. The Hall–Kier alpha value is -1.04. The SMILES string of the molecule is Cc1cc(Br)cc(C(=O)NC2CCCC(C(F)(F)F)C2)c1. The zero-order valence-corrected chi connectivity index (χ0v) is 13.2. The van der Waals surface area contributed by atoms with E-state index in [0.717, 1.165) is 10.0 Å². The van der Waals surface area contributed by atoms with Crippen molar-refractivity contribution in [1.82, 2.24) is 5.32 Å². The van der Waals surface area contributed by atoms with E-state index in [1.807, 2.05) is 13.0 Å². The molecule has 1 aliphatic carbocycles. The van der Waals surface area contributed by atoms with Crippen molar-refractivity contribution in [3.63, 3.8) is 0 Å². The number of amides is 1. The molecule has 0 aromatic heterocycles. The largest absolute Gasteiger partial charge is 0.391 e. The van der Waals surface area contributed by atoms with Gasteiger partial charge < -0.3 is 5.32 Å². The van der Waals surface area contributed by atoms with Gasteiger partial charge in [0, 0.05) is 16.1 Å². The molecule has 0 spiro atoms. The molecule has 2 nitrogen and oxygen atoms in total. The summed E-state index contributed by atoms with van der Waals surface area (Å²) in [5.74, 6) is -1.62. The highest BCUT2D eigenvalue weighted by molar-refractivity contribution is 9.10. The van der Waals surface area contributed by atoms with Gasteiger partial charge in [-0.25, -0.2) is 0 Å². The fraction of sp³-hybridized carbons (Fsp3) is 0.533. The van der Waals surface area contributed by atoms with Crippen molar-refractivity contribution in [3.05, 3.63) is 33.8 Å². The average molecular weight is 364 g/mol. The number of halogens is 4. The van der Waals surface area contributed by atoms with Crippen LogP contribution in [0.15, 0.2) is 22.7 Å². The Morgan fingerprint density at radius 1 is 1.29 bits per heavy atom. The van der Waals surface area contributed by atoms with Crippen LogP contribution in [0, 0.1) is 12.8 Å². The van der Waals surface area contributed by atoms with Crippen LogP contribution in [-0.2, 0) is 0 Å². The summed E-state index contributed by atoms with van der Waals surface area (Å²) in [5, 5.41) is 2.73. The summed E-state index contributed by atoms with van der Waals surface area (Å²) in [6.07, 6.45) is -2.94. The Kier molecular flexibility index (Phi) is 4.96. The van der Waals surface area contributed by atoms with Crippen molar-refractivity contribution in [3.8, 4) is 0 Å². The van der Waals surface area contributed by atoms with Crippen molar-refractivity contribution in [1.29, 1.82) is 0 Å². The van der Waals surface area contributed by atoms with Gasteiger partial charge in [-0.1, -0.05) is 22.4 Å². The molecule has 0 saturated heterocycles. The fourth-order valence-electron chi connectivity index (χ4n) is 2.75. The van der Waals surface area contributed by atoms with E-state index < -0.39 is 18.1 Å². The summed E-state index contributed by atoms with van der Waals surface area (Å²) >= 11 is 3.31. The highest BCUT2D eigenvalue weighted by Gasteiger charge is 2.42. The molecule has 1 N–H and O–H groups in total. The summed E-state index contributed by atoms with van der Waals surface area (Å²) in [4.78, 5) is 12.2. The Labute approximate surface area is 130 Å². The van der Waals surface area contributed by atoms with Crippen LogP contribution < -0.4 is 5.32 Å². The van der Waals surface area contributed by atoms with Gasteiger partial charge in [0.1, 0.15) is 0 Å². The lowest BCUT2D eigenvalue weighted by atomic mass is 9.85. The van der Waals surface area contributed by atoms with E-state index in [1.165, 1.54) is 0 Å². The Bertz CT molecular complexity index is 510. The van der Waals surface area contributed by atoms with Gasteiger partial charge in [0.25, 0.3) is 5.91 Å².